The van der Waals surface area contributed by atoms with Gasteiger partial charge in [0.1, 0.15) is 0 Å². The van der Waals surface area contributed by atoms with Gasteiger partial charge >= 0.3 is 6.03 Å². The lowest BCUT2D eigenvalue weighted by Crippen LogP contribution is -2.35. The first-order valence-electron chi connectivity index (χ1n) is 7.50. The van der Waals surface area contributed by atoms with E-state index in [0.29, 0.717) is 13.1 Å². The Hall–Kier alpha value is -2.62. The minimum Gasteiger partial charge on any atom is -0.478 e. The number of amides is 3. The van der Waals surface area contributed by atoms with Crippen molar-refractivity contribution in [3.63, 3.8) is 0 Å². The van der Waals surface area contributed by atoms with Gasteiger partial charge in [-0.15, -0.1) is 10.2 Å². The SMILES string of the molecule is C[C@H](Oc1ccccc1F)c1nnc(SCC(=O)N2CCNC2=O)o1. The summed E-state index contributed by atoms with van der Waals surface area (Å²) in [5.74, 6) is -0.583. The first-order valence-corrected chi connectivity index (χ1v) is 8.48. The second-order valence-electron chi connectivity index (χ2n) is 5.16. The molecule has 3 rings (SSSR count). The summed E-state index contributed by atoms with van der Waals surface area (Å²) in [6, 6.07) is 5.60. The molecular weight excluding hydrogens is 351 g/mol. The van der Waals surface area contributed by atoms with E-state index in [-0.39, 0.29) is 28.5 Å². The van der Waals surface area contributed by atoms with Crippen LogP contribution < -0.4 is 10.1 Å². The van der Waals surface area contributed by atoms with Gasteiger partial charge < -0.3 is 14.5 Å². The van der Waals surface area contributed by atoms with E-state index in [4.69, 9.17) is 9.15 Å². The molecule has 3 amide bonds. The number of imide groups is 1. The summed E-state index contributed by atoms with van der Waals surface area (Å²) < 4.78 is 24.5. The first-order chi connectivity index (χ1) is 12.0. The summed E-state index contributed by atoms with van der Waals surface area (Å²) in [6.45, 7) is 2.44. The highest BCUT2D eigenvalue weighted by Crippen LogP contribution is 2.25. The number of aromatic nitrogens is 2. The van der Waals surface area contributed by atoms with E-state index in [1.54, 1.807) is 19.1 Å². The van der Waals surface area contributed by atoms with Gasteiger partial charge in [0.15, 0.2) is 17.7 Å². The fourth-order valence-electron chi connectivity index (χ4n) is 2.14. The molecule has 2 heterocycles. The molecule has 1 aliphatic rings. The number of nitrogens with zero attached hydrogens (tertiary/aromatic N) is 3. The zero-order valence-electron chi connectivity index (χ0n) is 13.3. The van der Waals surface area contributed by atoms with Crippen LogP contribution in [0.3, 0.4) is 0 Å². The number of urea groups is 1. The van der Waals surface area contributed by atoms with Crippen LogP contribution in [0.25, 0.3) is 0 Å². The van der Waals surface area contributed by atoms with Crippen LogP contribution >= 0.6 is 11.8 Å². The fraction of sp³-hybridized carbons (Fsp3) is 0.333. The van der Waals surface area contributed by atoms with Crippen molar-refractivity contribution in [2.24, 2.45) is 0 Å². The maximum Gasteiger partial charge on any atom is 0.324 e. The van der Waals surface area contributed by atoms with Crippen molar-refractivity contribution in [1.29, 1.82) is 0 Å². The van der Waals surface area contributed by atoms with E-state index < -0.39 is 18.0 Å². The zero-order valence-corrected chi connectivity index (χ0v) is 14.1. The van der Waals surface area contributed by atoms with E-state index >= 15 is 0 Å². The van der Waals surface area contributed by atoms with Gasteiger partial charge in [0.25, 0.3) is 11.1 Å². The summed E-state index contributed by atoms with van der Waals surface area (Å²) in [5, 5.41) is 10.4. The third kappa shape index (κ3) is 4.08. The number of thioether (sulfide) groups is 1. The molecule has 25 heavy (non-hydrogen) atoms. The van der Waals surface area contributed by atoms with E-state index in [1.165, 1.54) is 12.1 Å². The normalized spacial score (nSPS) is 15.1. The Morgan fingerprint density at radius 2 is 2.28 bits per heavy atom. The fourth-order valence-corrected chi connectivity index (χ4v) is 2.78. The molecule has 0 saturated carbocycles. The summed E-state index contributed by atoms with van der Waals surface area (Å²) in [7, 11) is 0. The lowest BCUT2D eigenvalue weighted by atomic mass is 10.3. The maximum atomic E-state index is 13.6. The molecule has 0 unspecified atom stereocenters. The number of carbonyl (C=O) groups is 2. The number of carbonyl (C=O) groups excluding carboxylic acids is 2. The molecular formula is C15H15FN4O4S. The Labute approximate surface area is 146 Å². The lowest BCUT2D eigenvalue weighted by molar-refractivity contribution is -0.124. The van der Waals surface area contributed by atoms with Crippen molar-refractivity contribution in [3.05, 3.63) is 36.0 Å². The molecule has 1 aromatic heterocycles. The molecule has 132 valence electrons. The van der Waals surface area contributed by atoms with E-state index in [9.17, 15) is 14.0 Å². The number of hydrogen-bond acceptors (Lipinski definition) is 7. The van der Waals surface area contributed by atoms with Gasteiger partial charge in [-0.25, -0.2) is 9.18 Å². The molecule has 0 bridgehead atoms. The van der Waals surface area contributed by atoms with E-state index in [0.717, 1.165) is 16.7 Å². The first kappa shape index (κ1) is 17.2. The smallest absolute Gasteiger partial charge is 0.324 e. The number of hydrogen-bond donors (Lipinski definition) is 1. The minimum absolute atomic E-state index is 0.00238. The molecule has 1 N–H and O–H groups in total. The molecule has 8 nitrogen and oxygen atoms in total. The highest BCUT2D eigenvalue weighted by molar-refractivity contribution is 7.99. The molecule has 2 aromatic rings. The van der Waals surface area contributed by atoms with Gasteiger partial charge in [0.05, 0.1) is 5.75 Å². The molecule has 1 saturated heterocycles. The van der Waals surface area contributed by atoms with Crippen LogP contribution in [-0.2, 0) is 4.79 Å². The van der Waals surface area contributed by atoms with Crippen molar-refractivity contribution in [1.82, 2.24) is 20.4 Å². The van der Waals surface area contributed by atoms with Gasteiger partial charge in [-0.1, -0.05) is 23.9 Å². The molecule has 0 spiro atoms. The predicted octanol–water partition coefficient (Wildman–Crippen LogP) is 1.99. The number of para-hydroxylation sites is 1. The second-order valence-corrected chi connectivity index (χ2v) is 6.09. The van der Waals surface area contributed by atoms with Gasteiger partial charge in [0, 0.05) is 13.1 Å². The average Bonchev–Trinajstić information content (AvgIpc) is 3.24. The van der Waals surface area contributed by atoms with Crippen LogP contribution in [0.15, 0.2) is 33.9 Å². The third-order valence-electron chi connectivity index (χ3n) is 3.39. The van der Waals surface area contributed by atoms with Crippen molar-refractivity contribution in [2.45, 2.75) is 18.3 Å². The second kappa shape index (κ2) is 7.51. The van der Waals surface area contributed by atoms with Crippen LogP contribution in [0.4, 0.5) is 9.18 Å². The summed E-state index contributed by atoms with van der Waals surface area (Å²) in [5.41, 5.74) is 0. The molecule has 10 heteroatoms. The van der Waals surface area contributed by atoms with E-state index in [2.05, 4.69) is 15.5 Å². The van der Waals surface area contributed by atoms with Crippen LogP contribution in [0, 0.1) is 5.82 Å². The van der Waals surface area contributed by atoms with E-state index in [1.807, 2.05) is 0 Å². The molecule has 1 atom stereocenters. The Morgan fingerprint density at radius 1 is 1.48 bits per heavy atom. The largest absolute Gasteiger partial charge is 0.478 e. The van der Waals surface area contributed by atoms with Crippen molar-refractivity contribution in [3.8, 4) is 5.75 Å². The zero-order chi connectivity index (χ0) is 17.8. The van der Waals surface area contributed by atoms with Gasteiger partial charge in [-0.2, -0.15) is 0 Å². The summed E-state index contributed by atoms with van der Waals surface area (Å²) >= 11 is 1.02. The Morgan fingerprint density at radius 3 is 3.00 bits per heavy atom. The van der Waals surface area contributed by atoms with Crippen LogP contribution in [-0.4, -0.2) is 45.9 Å². The Bertz CT molecular complexity index is 784. The monoisotopic (exact) mass is 366 g/mol. The maximum absolute atomic E-state index is 13.6. The Kier molecular flexibility index (Phi) is 5.17. The number of benzene rings is 1. The lowest BCUT2D eigenvalue weighted by Gasteiger charge is -2.11. The van der Waals surface area contributed by atoms with Crippen molar-refractivity contribution >= 4 is 23.7 Å². The van der Waals surface area contributed by atoms with Crippen molar-refractivity contribution < 1.29 is 23.1 Å². The number of rotatable bonds is 6. The minimum atomic E-state index is -0.654. The number of ether oxygens (including phenoxy) is 1. The molecule has 0 aliphatic carbocycles. The highest BCUT2D eigenvalue weighted by Gasteiger charge is 2.26. The quantitative estimate of drug-likeness (QED) is 0.781. The van der Waals surface area contributed by atoms with Gasteiger partial charge in [-0.3, -0.25) is 9.69 Å². The standard InChI is InChI=1S/C15H15FN4O4S/c1-9(23-11-5-3-2-4-10(11)16)13-18-19-15(24-13)25-8-12(21)20-7-6-17-14(20)22/h2-5,9H,6-8H2,1H3,(H,17,22)/t9-/m0/s1. The molecule has 0 radical (unpaired) electrons. The van der Waals surface area contributed by atoms with Crippen LogP contribution in [0.5, 0.6) is 5.75 Å². The molecule has 1 fully saturated rings. The number of halogens is 1. The molecule has 1 aliphatic heterocycles. The van der Waals surface area contributed by atoms with Crippen molar-refractivity contribution in [2.75, 3.05) is 18.8 Å². The average molecular weight is 366 g/mol. The van der Waals surface area contributed by atoms with Gasteiger partial charge in [-0.05, 0) is 19.1 Å². The molecule has 1 aromatic carbocycles. The Balaban J connectivity index is 1.56. The highest BCUT2D eigenvalue weighted by atomic mass is 32.2. The predicted molar refractivity (Wildman–Crippen MR) is 85.6 cm³/mol. The van der Waals surface area contributed by atoms with Crippen LogP contribution in [0.1, 0.15) is 18.9 Å². The summed E-state index contributed by atoms with van der Waals surface area (Å²) in [4.78, 5) is 24.5. The topological polar surface area (TPSA) is 97.6 Å². The summed E-state index contributed by atoms with van der Waals surface area (Å²) in [6.07, 6.45) is -0.654. The van der Waals surface area contributed by atoms with Gasteiger partial charge in [0.2, 0.25) is 5.91 Å². The third-order valence-corrected chi connectivity index (χ3v) is 4.19. The number of nitrogens with one attached hydrogen (secondary N) is 1. The van der Waals surface area contributed by atoms with Crippen LogP contribution in [0.2, 0.25) is 0 Å².